The molecule has 1 saturated carbocycles. The molecule has 0 bridgehead atoms. The fourth-order valence-electron chi connectivity index (χ4n) is 5.29. The van der Waals surface area contributed by atoms with Crippen LogP contribution in [0.5, 0.6) is 0 Å². The predicted molar refractivity (Wildman–Crippen MR) is 146 cm³/mol. The zero-order valence-corrected chi connectivity index (χ0v) is 23.6. The van der Waals surface area contributed by atoms with Gasteiger partial charge < -0.3 is 25.4 Å². The number of methoxy groups -OCH3 is 1. The third kappa shape index (κ3) is 7.77. The molecule has 14 heteroatoms. The highest BCUT2D eigenvalue weighted by Crippen LogP contribution is 2.46. The van der Waals surface area contributed by atoms with E-state index in [1.165, 1.54) is 12.7 Å². The quantitative estimate of drug-likeness (QED) is 0.199. The van der Waals surface area contributed by atoms with Gasteiger partial charge in [-0.1, -0.05) is 6.07 Å². The third-order valence-electron chi connectivity index (χ3n) is 7.90. The van der Waals surface area contributed by atoms with Crippen molar-refractivity contribution in [3.63, 3.8) is 0 Å². The fraction of sp³-hybridized carbons (Fsp3) is 0.643. The van der Waals surface area contributed by atoms with Crippen molar-refractivity contribution >= 4 is 17.7 Å². The van der Waals surface area contributed by atoms with Crippen LogP contribution in [0.25, 0.3) is 0 Å². The molecule has 2 aliphatic rings. The SMILES string of the molecule is CO[C@H](CF)CN(CCCCc1ccc2c(n1)NCCC2)CC[C@H](NC(=O)C1(n2nccc2C(F)(F)F)CC1)C(=O)O. The molecule has 1 aliphatic carbocycles. The van der Waals surface area contributed by atoms with Gasteiger partial charge in [0.25, 0.3) is 0 Å². The minimum atomic E-state index is -4.71. The van der Waals surface area contributed by atoms with Gasteiger partial charge in [-0.25, -0.2) is 18.9 Å². The van der Waals surface area contributed by atoms with Crippen LogP contribution in [0.4, 0.5) is 23.4 Å². The minimum absolute atomic E-state index is 0.0246. The molecule has 0 spiro atoms. The monoisotopic (exact) mass is 598 g/mol. The number of unbranched alkanes of at least 4 members (excludes halogenated alkanes) is 1. The van der Waals surface area contributed by atoms with E-state index in [1.54, 1.807) is 0 Å². The summed E-state index contributed by atoms with van der Waals surface area (Å²) in [5.74, 6) is -1.19. The molecule has 3 N–H and O–H groups in total. The van der Waals surface area contributed by atoms with Gasteiger partial charge in [-0.05, 0) is 75.6 Å². The van der Waals surface area contributed by atoms with Crippen molar-refractivity contribution in [2.24, 2.45) is 0 Å². The van der Waals surface area contributed by atoms with E-state index >= 15 is 0 Å². The number of nitrogens with one attached hydrogen (secondary N) is 2. The van der Waals surface area contributed by atoms with Crippen molar-refractivity contribution in [1.82, 2.24) is 25.0 Å². The molecule has 42 heavy (non-hydrogen) atoms. The van der Waals surface area contributed by atoms with E-state index in [0.717, 1.165) is 62.4 Å². The van der Waals surface area contributed by atoms with Crippen molar-refractivity contribution < 1.29 is 37.0 Å². The van der Waals surface area contributed by atoms with Gasteiger partial charge in [-0.15, -0.1) is 0 Å². The van der Waals surface area contributed by atoms with Crippen LogP contribution in [0.1, 0.15) is 55.5 Å². The molecule has 1 amide bonds. The largest absolute Gasteiger partial charge is 0.480 e. The highest BCUT2D eigenvalue weighted by molar-refractivity contribution is 5.90. The summed E-state index contributed by atoms with van der Waals surface area (Å²) in [5, 5.41) is 19.3. The smallest absolute Gasteiger partial charge is 0.433 e. The first-order chi connectivity index (χ1) is 20.1. The number of fused-ring (bicyclic) bond motifs is 1. The number of hydrogen-bond acceptors (Lipinski definition) is 7. The summed E-state index contributed by atoms with van der Waals surface area (Å²) in [7, 11) is 1.40. The number of carboxylic acid groups (broad SMARTS) is 1. The van der Waals surface area contributed by atoms with Crippen LogP contribution in [0.3, 0.4) is 0 Å². The first-order valence-corrected chi connectivity index (χ1v) is 14.3. The number of anilines is 1. The average Bonchev–Trinajstić information content (AvgIpc) is 3.61. The molecular weight excluding hydrogens is 560 g/mol. The lowest BCUT2D eigenvalue weighted by Gasteiger charge is -2.28. The van der Waals surface area contributed by atoms with Crippen LogP contribution in [-0.4, -0.2) is 88.8 Å². The maximum Gasteiger partial charge on any atom is 0.433 e. The Hall–Kier alpha value is -3.26. The molecule has 0 aromatic carbocycles. The van der Waals surface area contributed by atoms with Gasteiger partial charge in [-0.3, -0.25) is 4.79 Å². The van der Waals surface area contributed by atoms with Gasteiger partial charge in [0.15, 0.2) is 0 Å². The summed E-state index contributed by atoms with van der Waals surface area (Å²) < 4.78 is 59.5. The second-order valence-electron chi connectivity index (χ2n) is 10.9. The number of carboxylic acids is 1. The zero-order valence-electron chi connectivity index (χ0n) is 23.6. The third-order valence-corrected chi connectivity index (χ3v) is 7.90. The number of aryl methyl sites for hydroxylation is 2. The second-order valence-corrected chi connectivity index (χ2v) is 10.9. The average molecular weight is 599 g/mol. The van der Waals surface area contributed by atoms with E-state index in [2.05, 4.69) is 21.8 Å². The van der Waals surface area contributed by atoms with Crippen molar-refractivity contribution in [2.45, 2.75) is 75.2 Å². The Kier molecular flexibility index (Phi) is 10.4. The van der Waals surface area contributed by atoms with E-state index in [-0.39, 0.29) is 32.4 Å². The Morgan fingerprint density at radius 1 is 1.24 bits per heavy atom. The summed E-state index contributed by atoms with van der Waals surface area (Å²) in [6.07, 6.45) is 0.158. The van der Waals surface area contributed by atoms with E-state index in [1.807, 2.05) is 11.0 Å². The maximum absolute atomic E-state index is 13.4. The van der Waals surface area contributed by atoms with E-state index in [0.29, 0.717) is 11.2 Å². The number of ether oxygens (including phenoxy) is 1. The van der Waals surface area contributed by atoms with Gasteiger partial charge in [0.1, 0.15) is 29.8 Å². The Labute approximate surface area is 241 Å². The zero-order chi connectivity index (χ0) is 30.3. The number of carbonyl (C=O) groups excluding carboxylic acids is 1. The molecule has 0 radical (unpaired) electrons. The van der Waals surface area contributed by atoms with Crippen molar-refractivity contribution in [3.05, 3.63) is 41.3 Å². The van der Waals surface area contributed by atoms with Gasteiger partial charge in [-0.2, -0.15) is 18.3 Å². The standard InChI is InChI=1S/C28H38F4N6O4/c1-42-21(17-29)18-37(15-3-2-6-20-8-7-19-5-4-13-33-24(19)35-20)16-10-22(25(39)40)36-26(41)27(11-12-27)38-23(9-14-34-38)28(30,31)32/h7-9,14,21-22H,2-6,10-13,15-18H2,1H3,(H,33,35)(H,36,41)(H,39,40)/t21-,22+/m1/s1. The lowest BCUT2D eigenvalue weighted by molar-refractivity contribution is -0.148. The number of rotatable bonds is 16. The van der Waals surface area contributed by atoms with Gasteiger partial charge in [0.2, 0.25) is 5.91 Å². The number of halogens is 4. The van der Waals surface area contributed by atoms with Crippen LogP contribution in [0.15, 0.2) is 24.4 Å². The number of alkyl halides is 4. The van der Waals surface area contributed by atoms with Gasteiger partial charge in [0.05, 0.1) is 6.10 Å². The number of pyridine rings is 1. The Balaban J connectivity index is 1.34. The number of amides is 1. The normalized spacial score (nSPS) is 17.3. The van der Waals surface area contributed by atoms with Crippen LogP contribution in [-0.2, 0) is 38.9 Å². The molecule has 3 heterocycles. The molecule has 232 valence electrons. The maximum atomic E-state index is 13.4. The summed E-state index contributed by atoms with van der Waals surface area (Å²) in [5.41, 5.74) is -0.447. The fourth-order valence-corrected chi connectivity index (χ4v) is 5.29. The number of hydrogen-bond donors (Lipinski definition) is 3. The first kappa shape index (κ1) is 31.7. The number of aromatic nitrogens is 3. The molecule has 0 unspecified atom stereocenters. The molecule has 2 aromatic heterocycles. The second kappa shape index (κ2) is 13.8. The minimum Gasteiger partial charge on any atom is -0.480 e. The molecule has 10 nitrogen and oxygen atoms in total. The molecule has 2 atom stereocenters. The van der Waals surface area contributed by atoms with Crippen LogP contribution < -0.4 is 10.6 Å². The lowest BCUT2D eigenvalue weighted by Crippen LogP contribution is -2.49. The molecule has 4 rings (SSSR count). The number of aliphatic carboxylic acids is 1. The van der Waals surface area contributed by atoms with E-state index in [9.17, 15) is 32.3 Å². The van der Waals surface area contributed by atoms with Gasteiger partial charge >= 0.3 is 12.1 Å². The summed E-state index contributed by atoms with van der Waals surface area (Å²) in [6.45, 7) is 1.16. The summed E-state index contributed by atoms with van der Waals surface area (Å²) in [6, 6.07) is 3.57. The molecular formula is C28H38F4N6O4. The number of nitrogens with zero attached hydrogens (tertiary/aromatic N) is 4. The Morgan fingerprint density at radius 3 is 2.69 bits per heavy atom. The van der Waals surface area contributed by atoms with Crippen LogP contribution in [0, 0.1) is 0 Å². The topological polar surface area (TPSA) is 122 Å². The van der Waals surface area contributed by atoms with Crippen LogP contribution >= 0.6 is 0 Å². The van der Waals surface area contributed by atoms with E-state index in [4.69, 9.17) is 9.72 Å². The molecule has 2 aromatic rings. The first-order valence-electron chi connectivity index (χ1n) is 14.3. The van der Waals surface area contributed by atoms with Crippen molar-refractivity contribution in [1.29, 1.82) is 0 Å². The Morgan fingerprint density at radius 2 is 2.02 bits per heavy atom. The molecule has 0 saturated heterocycles. The van der Waals surface area contributed by atoms with Crippen molar-refractivity contribution in [3.8, 4) is 0 Å². The molecule has 1 fully saturated rings. The highest BCUT2D eigenvalue weighted by atomic mass is 19.4. The Bertz CT molecular complexity index is 1220. The summed E-state index contributed by atoms with van der Waals surface area (Å²) >= 11 is 0. The van der Waals surface area contributed by atoms with Crippen LogP contribution in [0.2, 0.25) is 0 Å². The number of carbonyl (C=O) groups is 2. The lowest BCUT2D eigenvalue weighted by atomic mass is 10.1. The molecule has 1 aliphatic heterocycles. The van der Waals surface area contributed by atoms with Gasteiger partial charge in [0, 0.05) is 38.6 Å². The van der Waals surface area contributed by atoms with Crippen molar-refractivity contribution in [2.75, 3.05) is 45.3 Å². The summed E-state index contributed by atoms with van der Waals surface area (Å²) in [4.78, 5) is 31.7. The van der Waals surface area contributed by atoms with E-state index < -0.39 is 48.1 Å². The highest BCUT2D eigenvalue weighted by Gasteiger charge is 2.56. The predicted octanol–water partition coefficient (Wildman–Crippen LogP) is 3.41.